The molecule has 0 aliphatic rings. The predicted octanol–water partition coefficient (Wildman–Crippen LogP) is 2.67. The van der Waals surface area contributed by atoms with Crippen LogP contribution in [0.1, 0.15) is 18.1 Å². The summed E-state index contributed by atoms with van der Waals surface area (Å²) in [5, 5.41) is 3.21. The van der Waals surface area contributed by atoms with Crippen LogP contribution in [0.2, 0.25) is 0 Å². The summed E-state index contributed by atoms with van der Waals surface area (Å²) in [4.78, 5) is 7.95. The smallest absolute Gasteiger partial charge is 0.221 e. The van der Waals surface area contributed by atoms with Crippen LogP contribution in [-0.2, 0) is 6.42 Å². The molecule has 3 N–H and O–H groups in total. The van der Waals surface area contributed by atoms with E-state index in [1.807, 2.05) is 6.07 Å². The Balaban J connectivity index is 2.22. The molecule has 4 heteroatoms. The van der Waals surface area contributed by atoms with Crippen molar-refractivity contribution in [2.45, 2.75) is 20.3 Å². The SMILES string of the molecule is CCc1ccc(Nc2ccnc(N)n2)cc1C. The van der Waals surface area contributed by atoms with Crippen molar-refractivity contribution < 1.29 is 0 Å². The fraction of sp³-hybridized carbons (Fsp3) is 0.231. The summed E-state index contributed by atoms with van der Waals surface area (Å²) in [6.45, 7) is 4.26. The molecule has 2 aromatic rings. The number of aryl methyl sites for hydroxylation is 2. The Labute approximate surface area is 101 Å². The van der Waals surface area contributed by atoms with Crippen LogP contribution in [0.4, 0.5) is 17.5 Å². The second-order valence-electron chi connectivity index (χ2n) is 3.92. The third-order valence-electron chi connectivity index (χ3n) is 2.67. The summed E-state index contributed by atoms with van der Waals surface area (Å²) in [5.41, 5.74) is 9.17. The van der Waals surface area contributed by atoms with Gasteiger partial charge in [0.05, 0.1) is 0 Å². The van der Waals surface area contributed by atoms with Gasteiger partial charge in [-0.2, -0.15) is 4.98 Å². The monoisotopic (exact) mass is 228 g/mol. The highest BCUT2D eigenvalue weighted by molar-refractivity contribution is 5.58. The van der Waals surface area contributed by atoms with Gasteiger partial charge in [-0.25, -0.2) is 4.98 Å². The van der Waals surface area contributed by atoms with Gasteiger partial charge in [0.1, 0.15) is 5.82 Å². The molecule has 17 heavy (non-hydrogen) atoms. The van der Waals surface area contributed by atoms with Gasteiger partial charge in [0.15, 0.2) is 0 Å². The Hall–Kier alpha value is -2.10. The van der Waals surface area contributed by atoms with Gasteiger partial charge >= 0.3 is 0 Å². The number of aromatic nitrogens is 2. The van der Waals surface area contributed by atoms with Crippen molar-refractivity contribution in [2.24, 2.45) is 0 Å². The van der Waals surface area contributed by atoms with Crippen molar-refractivity contribution in [3.05, 3.63) is 41.6 Å². The number of benzene rings is 1. The molecule has 0 aliphatic heterocycles. The van der Waals surface area contributed by atoms with Gasteiger partial charge in [0, 0.05) is 11.9 Å². The van der Waals surface area contributed by atoms with Gasteiger partial charge in [-0.15, -0.1) is 0 Å². The van der Waals surface area contributed by atoms with Gasteiger partial charge in [-0.3, -0.25) is 0 Å². The number of hydrogen-bond donors (Lipinski definition) is 2. The Morgan fingerprint density at radius 1 is 1.29 bits per heavy atom. The minimum atomic E-state index is 0.275. The van der Waals surface area contributed by atoms with Gasteiger partial charge < -0.3 is 11.1 Å². The van der Waals surface area contributed by atoms with E-state index in [-0.39, 0.29) is 5.95 Å². The number of nitrogens with two attached hydrogens (primary N) is 1. The van der Waals surface area contributed by atoms with Gasteiger partial charge in [-0.05, 0) is 42.7 Å². The largest absolute Gasteiger partial charge is 0.368 e. The first kappa shape index (κ1) is 11.4. The van der Waals surface area contributed by atoms with Crippen molar-refractivity contribution in [3.63, 3.8) is 0 Å². The van der Waals surface area contributed by atoms with Crippen molar-refractivity contribution in [1.82, 2.24) is 9.97 Å². The van der Waals surface area contributed by atoms with E-state index < -0.39 is 0 Å². The van der Waals surface area contributed by atoms with E-state index in [0.29, 0.717) is 5.82 Å². The van der Waals surface area contributed by atoms with E-state index in [9.17, 15) is 0 Å². The summed E-state index contributed by atoms with van der Waals surface area (Å²) in [6.07, 6.45) is 2.69. The highest BCUT2D eigenvalue weighted by atomic mass is 15.1. The van der Waals surface area contributed by atoms with E-state index in [4.69, 9.17) is 5.73 Å². The Bertz CT molecular complexity index is 523. The van der Waals surface area contributed by atoms with Crippen LogP contribution >= 0.6 is 0 Å². The molecule has 0 bridgehead atoms. The average Bonchev–Trinajstić information content (AvgIpc) is 2.29. The molecule has 0 unspecified atom stereocenters. The Morgan fingerprint density at radius 2 is 2.12 bits per heavy atom. The molecular formula is C13H16N4. The topological polar surface area (TPSA) is 63.8 Å². The number of rotatable bonds is 3. The van der Waals surface area contributed by atoms with E-state index in [0.717, 1.165) is 12.1 Å². The highest BCUT2D eigenvalue weighted by Gasteiger charge is 2.00. The molecule has 0 atom stereocenters. The van der Waals surface area contributed by atoms with Crippen molar-refractivity contribution in [3.8, 4) is 0 Å². The summed E-state index contributed by atoms with van der Waals surface area (Å²) >= 11 is 0. The quantitative estimate of drug-likeness (QED) is 0.847. The third kappa shape index (κ3) is 2.72. The zero-order valence-electron chi connectivity index (χ0n) is 10.1. The lowest BCUT2D eigenvalue weighted by Crippen LogP contribution is -1.99. The van der Waals surface area contributed by atoms with Gasteiger partial charge in [0.2, 0.25) is 5.95 Å². The molecule has 0 spiro atoms. The lowest BCUT2D eigenvalue weighted by molar-refractivity contribution is 1.11. The molecule has 0 saturated heterocycles. The number of nitrogens with one attached hydrogen (secondary N) is 1. The summed E-state index contributed by atoms with van der Waals surface area (Å²) < 4.78 is 0. The van der Waals surface area contributed by atoms with Crippen LogP contribution in [0.25, 0.3) is 0 Å². The molecular weight excluding hydrogens is 212 g/mol. The van der Waals surface area contributed by atoms with Crippen molar-refractivity contribution in [2.75, 3.05) is 11.1 Å². The molecule has 4 nitrogen and oxygen atoms in total. The number of nitrogen functional groups attached to an aromatic ring is 1. The van der Waals surface area contributed by atoms with Crippen LogP contribution in [0.3, 0.4) is 0 Å². The fourth-order valence-electron chi connectivity index (χ4n) is 1.76. The first-order valence-electron chi connectivity index (χ1n) is 5.64. The number of anilines is 3. The lowest BCUT2D eigenvalue weighted by atomic mass is 10.1. The van der Waals surface area contributed by atoms with E-state index in [1.54, 1.807) is 12.3 Å². The summed E-state index contributed by atoms with van der Waals surface area (Å²) in [6, 6.07) is 8.07. The maximum atomic E-state index is 5.53. The lowest BCUT2D eigenvalue weighted by Gasteiger charge is -2.09. The molecule has 2 rings (SSSR count). The van der Waals surface area contributed by atoms with Gasteiger partial charge in [-0.1, -0.05) is 13.0 Å². The van der Waals surface area contributed by atoms with Crippen LogP contribution in [0.5, 0.6) is 0 Å². The predicted molar refractivity (Wildman–Crippen MR) is 70.3 cm³/mol. The average molecular weight is 228 g/mol. The Kier molecular flexibility index (Phi) is 3.23. The normalized spacial score (nSPS) is 10.2. The molecule has 1 aromatic carbocycles. The van der Waals surface area contributed by atoms with Crippen molar-refractivity contribution in [1.29, 1.82) is 0 Å². The highest BCUT2D eigenvalue weighted by Crippen LogP contribution is 2.19. The van der Waals surface area contributed by atoms with Crippen LogP contribution < -0.4 is 11.1 Å². The molecule has 0 saturated carbocycles. The number of hydrogen-bond acceptors (Lipinski definition) is 4. The molecule has 0 amide bonds. The standard InChI is InChI=1S/C13H16N4/c1-3-10-4-5-11(8-9(10)2)16-12-6-7-15-13(14)17-12/h4-8H,3H2,1-2H3,(H3,14,15,16,17). The molecule has 0 fully saturated rings. The minimum Gasteiger partial charge on any atom is -0.368 e. The second kappa shape index (κ2) is 4.82. The Morgan fingerprint density at radius 3 is 2.76 bits per heavy atom. The first-order valence-corrected chi connectivity index (χ1v) is 5.64. The fourth-order valence-corrected chi connectivity index (χ4v) is 1.76. The zero-order chi connectivity index (χ0) is 12.3. The van der Waals surface area contributed by atoms with E-state index in [2.05, 4.69) is 41.3 Å². The summed E-state index contributed by atoms with van der Waals surface area (Å²) in [5.74, 6) is 0.984. The minimum absolute atomic E-state index is 0.275. The van der Waals surface area contributed by atoms with Crippen LogP contribution in [-0.4, -0.2) is 9.97 Å². The molecule has 1 aromatic heterocycles. The molecule has 1 heterocycles. The summed E-state index contributed by atoms with van der Waals surface area (Å²) in [7, 11) is 0. The first-order chi connectivity index (χ1) is 8.19. The van der Waals surface area contributed by atoms with E-state index >= 15 is 0 Å². The number of nitrogens with zero attached hydrogens (tertiary/aromatic N) is 2. The third-order valence-corrected chi connectivity index (χ3v) is 2.67. The maximum Gasteiger partial charge on any atom is 0.221 e. The van der Waals surface area contributed by atoms with Crippen LogP contribution in [0.15, 0.2) is 30.5 Å². The zero-order valence-corrected chi connectivity index (χ0v) is 10.1. The van der Waals surface area contributed by atoms with Gasteiger partial charge in [0.25, 0.3) is 0 Å². The second-order valence-corrected chi connectivity index (χ2v) is 3.92. The molecule has 0 aliphatic carbocycles. The molecule has 88 valence electrons. The van der Waals surface area contributed by atoms with E-state index in [1.165, 1.54) is 11.1 Å². The maximum absolute atomic E-state index is 5.53. The van der Waals surface area contributed by atoms with Crippen molar-refractivity contribution >= 4 is 17.5 Å². The van der Waals surface area contributed by atoms with Crippen LogP contribution in [0, 0.1) is 6.92 Å². The molecule has 0 radical (unpaired) electrons.